The Labute approximate surface area is 190 Å². The normalized spacial score (nSPS) is 14.8. The number of thiazole rings is 1. The Morgan fingerprint density at radius 3 is 2.65 bits per heavy atom. The fourth-order valence-corrected chi connectivity index (χ4v) is 5.01. The van der Waals surface area contributed by atoms with Crippen molar-refractivity contribution in [3.8, 4) is 0 Å². The number of aromatic nitrogens is 2. The van der Waals surface area contributed by atoms with Crippen LogP contribution in [0.5, 0.6) is 0 Å². The van der Waals surface area contributed by atoms with Crippen molar-refractivity contribution < 1.29 is 4.79 Å². The molecule has 0 aliphatic heterocycles. The second kappa shape index (κ2) is 12.4. The number of nitrogens with zero attached hydrogens (tertiary/aromatic N) is 4. The zero-order chi connectivity index (χ0) is 22.8. The number of hydrogen-bond donors (Lipinski definition) is 1. The number of nitrogens with two attached hydrogens (primary N) is 1. The molecule has 1 fully saturated rings. The van der Waals surface area contributed by atoms with Gasteiger partial charge < -0.3 is 10.3 Å². The molecule has 0 spiro atoms. The number of aryl methyl sites for hydroxylation is 1. The molecule has 31 heavy (non-hydrogen) atoms. The summed E-state index contributed by atoms with van der Waals surface area (Å²) in [7, 11) is 3.88. The van der Waals surface area contributed by atoms with Crippen LogP contribution in [0.1, 0.15) is 73.4 Å². The summed E-state index contributed by atoms with van der Waals surface area (Å²) in [5.74, 6) is 0.717. The molecule has 1 aliphatic rings. The van der Waals surface area contributed by atoms with Gasteiger partial charge in [-0.1, -0.05) is 46.1 Å². The molecule has 2 aromatic heterocycles. The first-order valence-electron chi connectivity index (χ1n) is 11.2. The van der Waals surface area contributed by atoms with E-state index in [-0.39, 0.29) is 0 Å². The molecule has 2 aromatic rings. The number of rotatable bonds is 8. The van der Waals surface area contributed by atoms with Crippen molar-refractivity contribution in [2.45, 2.75) is 58.8 Å². The fraction of sp³-hybridized carbons (Fsp3) is 0.542. The maximum Gasteiger partial charge on any atom is 0.167 e. The van der Waals surface area contributed by atoms with Crippen LogP contribution in [-0.4, -0.2) is 40.7 Å². The summed E-state index contributed by atoms with van der Waals surface area (Å²) >= 11 is 1.58. The molecular weight excluding hydrogens is 406 g/mol. The molecule has 0 saturated heterocycles. The van der Waals surface area contributed by atoms with E-state index in [0.717, 1.165) is 39.3 Å². The Bertz CT molecular complexity index is 918. The average Bonchev–Trinajstić information content (AvgIpc) is 3.25. The Kier molecular flexibility index (Phi) is 9.98. The molecule has 2 heterocycles. The summed E-state index contributed by atoms with van der Waals surface area (Å²) in [6, 6.07) is 0. The van der Waals surface area contributed by atoms with Gasteiger partial charge in [-0.3, -0.25) is 9.80 Å². The number of fused-ring (bicyclic) bond motifs is 1. The average molecular weight is 444 g/mol. The number of hydrazone groups is 1. The van der Waals surface area contributed by atoms with E-state index >= 15 is 0 Å². The first kappa shape index (κ1) is 24.9. The van der Waals surface area contributed by atoms with Crippen LogP contribution in [0.25, 0.3) is 10.3 Å². The molecule has 7 heteroatoms. The minimum Gasteiger partial charge on any atom is -0.405 e. The van der Waals surface area contributed by atoms with Crippen LogP contribution in [0.2, 0.25) is 0 Å². The van der Waals surface area contributed by atoms with E-state index in [1.807, 2.05) is 29.9 Å². The van der Waals surface area contributed by atoms with E-state index in [9.17, 15) is 4.79 Å². The highest BCUT2D eigenvalue weighted by atomic mass is 32.1. The minimum atomic E-state index is 0.607. The van der Waals surface area contributed by atoms with Crippen molar-refractivity contribution in [3.63, 3.8) is 0 Å². The largest absolute Gasteiger partial charge is 0.405 e. The third-order valence-electron chi connectivity index (χ3n) is 5.31. The zero-order valence-electron chi connectivity index (χ0n) is 19.4. The van der Waals surface area contributed by atoms with Gasteiger partial charge in [-0.25, -0.2) is 4.98 Å². The predicted molar refractivity (Wildman–Crippen MR) is 133 cm³/mol. The number of carbonyl (C=O) groups excluding carboxylic acids is 1. The smallest absolute Gasteiger partial charge is 0.167 e. The van der Waals surface area contributed by atoms with Gasteiger partial charge in [0.15, 0.2) is 11.9 Å². The fourth-order valence-electron chi connectivity index (χ4n) is 3.85. The highest BCUT2D eigenvalue weighted by molar-refractivity contribution is 7.19. The van der Waals surface area contributed by atoms with Gasteiger partial charge in [-0.2, -0.15) is 5.10 Å². The van der Waals surface area contributed by atoms with E-state index in [0.29, 0.717) is 18.0 Å². The van der Waals surface area contributed by atoms with Gasteiger partial charge in [0.05, 0.1) is 16.6 Å². The summed E-state index contributed by atoms with van der Waals surface area (Å²) in [4.78, 5) is 16.4. The van der Waals surface area contributed by atoms with Gasteiger partial charge >= 0.3 is 0 Å². The molecular formula is C24H37N5OS. The maximum atomic E-state index is 11.7. The lowest BCUT2D eigenvalue weighted by Crippen LogP contribution is -2.23. The van der Waals surface area contributed by atoms with Crippen molar-refractivity contribution in [2.24, 2.45) is 23.8 Å². The van der Waals surface area contributed by atoms with Crippen molar-refractivity contribution in [1.29, 1.82) is 0 Å². The number of hydrogen-bond acceptors (Lipinski definition) is 6. The number of allylic oxidation sites excluding steroid dienone is 2. The van der Waals surface area contributed by atoms with Crippen LogP contribution in [0.4, 0.5) is 0 Å². The van der Waals surface area contributed by atoms with Crippen molar-refractivity contribution >= 4 is 34.2 Å². The third kappa shape index (κ3) is 6.79. The second-order valence-corrected chi connectivity index (χ2v) is 9.31. The highest BCUT2D eigenvalue weighted by Gasteiger charge is 2.19. The minimum absolute atomic E-state index is 0.607. The van der Waals surface area contributed by atoms with Gasteiger partial charge in [0.1, 0.15) is 5.01 Å². The summed E-state index contributed by atoms with van der Waals surface area (Å²) < 4.78 is 2.82. The van der Waals surface area contributed by atoms with Crippen LogP contribution in [0, 0.1) is 5.92 Å². The SMILES string of the molecule is C=C(/C=C\N)Cc1nc2c(s1)c(/C=N\N(C)CC1CCCCC1)c(C=O)n2C.CCC. The molecule has 0 aromatic carbocycles. The van der Waals surface area contributed by atoms with Crippen LogP contribution in [0.3, 0.4) is 0 Å². The van der Waals surface area contributed by atoms with Crippen LogP contribution < -0.4 is 5.73 Å². The Hall–Kier alpha value is -2.41. The van der Waals surface area contributed by atoms with Gasteiger partial charge in [0.25, 0.3) is 0 Å². The van der Waals surface area contributed by atoms with Gasteiger partial charge in [-0.05, 0) is 36.6 Å². The first-order valence-corrected chi connectivity index (χ1v) is 12.0. The van der Waals surface area contributed by atoms with Crippen molar-refractivity contribution in [1.82, 2.24) is 14.6 Å². The topological polar surface area (TPSA) is 76.5 Å². The zero-order valence-corrected chi connectivity index (χ0v) is 20.2. The molecule has 0 radical (unpaired) electrons. The van der Waals surface area contributed by atoms with E-state index in [1.165, 1.54) is 44.7 Å². The van der Waals surface area contributed by atoms with Gasteiger partial charge in [0.2, 0.25) is 0 Å². The van der Waals surface area contributed by atoms with E-state index in [1.54, 1.807) is 17.4 Å². The van der Waals surface area contributed by atoms with Gasteiger partial charge in [0, 0.05) is 32.6 Å². The Morgan fingerprint density at radius 2 is 2.03 bits per heavy atom. The Morgan fingerprint density at radius 1 is 1.35 bits per heavy atom. The molecule has 2 N–H and O–H groups in total. The maximum absolute atomic E-state index is 11.7. The van der Waals surface area contributed by atoms with E-state index < -0.39 is 0 Å². The van der Waals surface area contributed by atoms with Crippen LogP contribution >= 0.6 is 11.3 Å². The highest BCUT2D eigenvalue weighted by Crippen LogP contribution is 2.30. The monoisotopic (exact) mass is 443 g/mol. The molecule has 1 saturated carbocycles. The van der Waals surface area contributed by atoms with Crippen molar-refractivity contribution in [2.75, 3.05) is 13.6 Å². The molecule has 170 valence electrons. The quantitative estimate of drug-likeness (QED) is 0.261. The molecule has 6 nitrogen and oxygen atoms in total. The van der Waals surface area contributed by atoms with Crippen LogP contribution in [0.15, 0.2) is 29.5 Å². The predicted octanol–water partition coefficient (Wildman–Crippen LogP) is 5.28. The summed E-state index contributed by atoms with van der Waals surface area (Å²) in [6.45, 7) is 9.20. The van der Waals surface area contributed by atoms with Crippen molar-refractivity contribution in [3.05, 3.63) is 40.7 Å². The summed E-state index contributed by atoms with van der Waals surface area (Å²) in [5.41, 5.74) is 8.59. The number of carbonyl (C=O) groups is 1. The summed E-state index contributed by atoms with van der Waals surface area (Å²) in [5, 5.41) is 7.58. The lowest BCUT2D eigenvalue weighted by atomic mass is 9.89. The third-order valence-corrected chi connectivity index (χ3v) is 6.38. The second-order valence-electron chi connectivity index (χ2n) is 8.23. The standard InChI is InChI=1S/C21H29N5OS.C3H8/c1-15(9-10-22)11-19-24-21-20(28-19)17(18(14-27)26(21)3)12-23-25(2)13-16-7-5-4-6-8-16;1-3-2/h9-10,12,14,16H,1,4-8,11,13,22H2,2-3H3;3H2,1-2H3/b10-9-,23-12-;. The molecule has 0 unspecified atom stereocenters. The van der Waals surface area contributed by atoms with Crippen LogP contribution in [-0.2, 0) is 13.5 Å². The number of aldehydes is 1. The first-order chi connectivity index (χ1) is 14.9. The van der Waals surface area contributed by atoms with E-state index in [4.69, 9.17) is 10.7 Å². The summed E-state index contributed by atoms with van der Waals surface area (Å²) in [6.07, 6.45) is 14.4. The van der Waals surface area contributed by atoms with E-state index in [2.05, 4.69) is 25.5 Å². The lowest BCUT2D eigenvalue weighted by Gasteiger charge is -2.25. The molecule has 3 rings (SSSR count). The molecule has 1 aliphatic carbocycles. The molecule has 0 atom stereocenters. The molecule has 0 amide bonds. The molecule has 0 bridgehead atoms. The van der Waals surface area contributed by atoms with Gasteiger partial charge in [-0.15, -0.1) is 11.3 Å². The lowest BCUT2D eigenvalue weighted by molar-refractivity contribution is 0.111. The Balaban J connectivity index is 0.00000107.